The van der Waals surface area contributed by atoms with Gasteiger partial charge in [0, 0.05) is 31.1 Å². The van der Waals surface area contributed by atoms with Crippen LogP contribution in [0, 0.1) is 20.8 Å². The molecule has 2 fully saturated rings. The zero-order valence-corrected chi connectivity index (χ0v) is 19.4. The van der Waals surface area contributed by atoms with Crippen molar-refractivity contribution in [3.63, 3.8) is 0 Å². The highest BCUT2D eigenvalue weighted by molar-refractivity contribution is 7.18. The summed E-state index contributed by atoms with van der Waals surface area (Å²) in [4.78, 5) is 17.3. The first-order valence-electron chi connectivity index (χ1n) is 11.1. The molecule has 0 spiro atoms. The summed E-state index contributed by atoms with van der Waals surface area (Å²) >= 11 is 1.78. The van der Waals surface area contributed by atoms with Crippen molar-refractivity contribution in [3.8, 4) is 0 Å². The molecule has 1 atom stereocenters. The standard InChI is InChI=1S/C24H30N4O2S/c1-16-6-4-5-7-19(16)20-14-28(10-13-30-20)23-22-17(2)18(3)31-24(22)26-21(25-23)15-27-8-11-29-12-9-27/h4-7,20H,8-15H2,1-3H3. The maximum absolute atomic E-state index is 6.19. The number of morpholine rings is 2. The fourth-order valence-electron chi connectivity index (χ4n) is 4.51. The third-order valence-electron chi connectivity index (χ3n) is 6.43. The van der Waals surface area contributed by atoms with Gasteiger partial charge in [0.05, 0.1) is 31.8 Å². The molecule has 2 saturated heterocycles. The Morgan fingerprint density at radius 1 is 1.03 bits per heavy atom. The Balaban J connectivity index is 1.50. The molecule has 7 heteroatoms. The Kier molecular flexibility index (Phi) is 5.93. The topological polar surface area (TPSA) is 50.7 Å². The van der Waals surface area contributed by atoms with E-state index < -0.39 is 0 Å². The molecule has 31 heavy (non-hydrogen) atoms. The van der Waals surface area contributed by atoms with Crippen molar-refractivity contribution in [2.75, 3.05) is 50.9 Å². The molecule has 0 radical (unpaired) electrons. The van der Waals surface area contributed by atoms with Gasteiger partial charge in [0.15, 0.2) is 0 Å². The maximum Gasteiger partial charge on any atom is 0.146 e. The molecule has 164 valence electrons. The van der Waals surface area contributed by atoms with Crippen LogP contribution in [0.3, 0.4) is 0 Å². The predicted molar refractivity (Wildman–Crippen MR) is 125 cm³/mol. The van der Waals surface area contributed by atoms with Gasteiger partial charge in [-0.3, -0.25) is 4.90 Å². The Bertz CT molecular complexity index is 1080. The molecule has 4 heterocycles. The zero-order chi connectivity index (χ0) is 21.4. The summed E-state index contributed by atoms with van der Waals surface area (Å²) in [6.45, 7) is 13.1. The molecular weight excluding hydrogens is 408 g/mol. The van der Waals surface area contributed by atoms with Crippen molar-refractivity contribution in [2.45, 2.75) is 33.4 Å². The van der Waals surface area contributed by atoms with Crippen LogP contribution >= 0.6 is 11.3 Å². The SMILES string of the molecule is Cc1ccccc1C1CN(c2nc(CN3CCOCC3)nc3sc(C)c(C)c23)CCO1. The fraction of sp³-hybridized carbons (Fsp3) is 0.500. The zero-order valence-electron chi connectivity index (χ0n) is 18.6. The van der Waals surface area contributed by atoms with E-state index in [4.69, 9.17) is 19.4 Å². The number of fused-ring (bicyclic) bond motifs is 1. The van der Waals surface area contributed by atoms with Gasteiger partial charge in [0.25, 0.3) is 0 Å². The Labute approximate surface area is 187 Å². The van der Waals surface area contributed by atoms with Crippen molar-refractivity contribution >= 4 is 27.4 Å². The fourth-order valence-corrected chi connectivity index (χ4v) is 5.55. The third-order valence-corrected chi connectivity index (χ3v) is 7.53. The molecule has 0 N–H and O–H groups in total. The quantitative estimate of drug-likeness (QED) is 0.613. The molecule has 5 rings (SSSR count). The maximum atomic E-state index is 6.19. The van der Waals surface area contributed by atoms with Crippen LogP contribution in [-0.2, 0) is 16.0 Å². The van der Waals surface area contributed by atoms with Crippen molar-refractivity contribution in [3.05, 3.63) is 51.7 Å². The first-order valence-corrected chi connectivity index (χ1v) is 11.9. The Hall–Kier alpha value is -2.06. The monoisotopic (exact) mass is 438 g/mol. The molecule has 2 aliphatic heterocycles. The van der Waals surface area contributed by atoms with E-state index in [1.807, 2.05) is 0 Å². The van der Waals surface area contributed by atoms with E-state index in [-0.39, 0.29) is 6.10 Å². The minimum atomic E-state index is 0.0581. The van der Waals surface area contributed by atoms with Crippen LogP contribution in [0.15, 0.2) is 24.3 Å². The Morgan fingerprint density at radius 2 is 1.84 bits per heavy atom. The molecule has 1 unspecified atom stereocenters. The van der Waals surface area contributed by atoms with Crippen LogP contribution in [-0.4, -0.2) is 60.9 Å². The van der Waals surface area contributed by atoms with Crippen molar-refractivity contribution in [1.82, 2.24) is 14.9 Å². The third kappa shape index (κ3) is 4.20. The lowest BCUT2D eigenvalue weighted by Gasteiger charge is -2.35. The normalized spacial score (nSPS) is 20.5. The van der Waals surface area contributed by atoms with E-state index in [0.29, 0.717) is 6.61 Å². The molecule has 1 aromatic carbocycles. The van der Waals surface area contributed by atoms with Crippen LogP contribution < -0.4 is 4.90 Å². The highest BCUT2D eigenvalue weighted by atomic mass is 32.1. The number of anilines is 1. The number of hydrogen-bond acceptors (Lipinski definition) is 7. The van der Waals surface area contributed by atoms with Gasteiger partial charge in [-0.2, -0.15) is 0 Å². The molecule has 2 aliphatic rings. The van der Waals surface area contributed by atoms with Gasteiger partial charge in [-0.05, 0) is 37.5 Å². The van der Waals surface area contributed by atoms with Crippen molar-refractivity contribution in [2.24, 2.45) is 0 Å². The lowest BCUT2D eigenvalue weighted by atomic mass is 10.0. The summed E-state index contributed by atoms with van der Waals surface area (Å²) in [5.41, 5.74) is 3.84. The highest BCUT2D eigenvalue weighted by Crippen LogP contribution is 2.37. The van der Waals surface area contributed by atoms with Gasteiger partial charge >= 0.3 is 0 Å². The number of nitrogens with zero attached hydrogens (tertiary/aromatic N) is 4. The number of thiophene rings is 1. The molecule has 0 aliphatic carbocycles. The van der Waals surface area contributed by atoms with Gasteiger partial charge in [0.1, 0.15) is 22.6 Å². The molecular formula is C24H30N4O2S. The lowest BCUT2D eigenvalue weighted by Crippen LogP contribution is -2.40. The number of rotatable bonds is 4. The molecule has 0 bridgehead atoms. The van der Waals surface area contributed by atoms with Crippen LogP contribution in [0.2, 0.25) is 0 Å². The van der Waals surface area contributed by atoms with E-state index in [0.717, 1.165) is 62.4 Å². The summed E-state index contributed by atoms with van der Waals surface area (Å²) in [6, 6.07) is 8.53. The van der Waals surface area contributed by atoms with Gasteiger partial charge < -0.3 is 14.4 Å². The van der Waals surface area contributed by atoms with Crippen LogP contribution in [0.4, 0.5) is 5.82 Å². The van der Waals surface area contributed by atoms with E-state index in [1.165, 1.54) is 27.0 Å². The van der Waals surface area contributed by atoms with Crippen molar-refractivity contribution in [1.29, 1.82) is 0 Å². The Morgan fingerprint density at radius 3 is 2.65 bits per heavy atom. The van der Waals surface area contributed by atoms with Crippen molar-refractivity contribution < 1.29 is 9.47 Å². The van der Waals surface area contributed by atoms with E-state index in [9.17, 15) is 0 Å². The van der Waals surface area contributed by atoms with Crippen LogP contribution in [0.5, 0.6) is 0 Å². The smallest absolute Gasteiger partial charge is 0.146 e. The number of ether oxygens (including phenoxy) is 2. The first kappa shape index (κ1) is 20.8. The average molecular weight is 439 g/mol. The summed E-state index contributed by atoms with van der Waals surface area (Å²) in [5.74, 6) is 1.97. The number of aromatic nitrogens is 2. The average Bonchev–Trinajstić information content (AvgIpc) is 3.08. The predicted octanol–water partition coefficient (Wildman–Crippen LogP) is 4.03. The second-order valence-electron chi connectivity index (χ2n) is 8.48. The summed E-state index contributed by atoms with van der Waals surface area (Å²) in [7, 11) is 0. The molecule has 3 aromatic rings. The highest BCUT2D eigenvalue weighted by Gasteiger charge is 2.27. The molecule has 6 nitrogen and oxygen atoms in total. The summed E-state index contributed by atoms with van der Waals surface area (Å²) < 4.78 is 11.7. The van der Waals surface area contributed by atoms with E-state index in [1.54, 1.807) is 11.3 Å². The molecule has 2 aromatic heterocycles. The van der Waals surface area contributed by atoms with Gasteiger partial charge in [-0.15, -0.1) is 11.3 Å². The van der Waals surface area contributed by atoms with Crippen LogP contribution in [0.25, 0.3) is 10.2 Å². The number of benzene rings is 1. The second-order valence-corrected chi connectivity index (χ2v) is 9.68. The number of hydrogen-bond donors (Lipinski definition) is 0. The van der Waals surface area contributed by atoms with E-state index in [2.05, 4.69) is 54.8 Å². The molecule has 0 saturated carbocycles. The number of aryl methyl sites for hydroxylation is 3. The minimum Gasteiger partial charge on any atom is -0.379 e. The first-order chi connectivity index (χ1) is 15.1. The van der Waals surface area contributed by atoms with Gasteiger partial charge in [-0.25, -0.2) is 9.97 Å². The van der Waals surface area contributed by atoms with Crippen LogP contribution in [0.1, 0.15) is 33.5 Å². The minimum absolute atomic E-state index is 0.0581. The van der Waals surface area contributed by atoms with Gasteiger partial charge in [-0.1, -0.05) is 24.3 Å². The second kappa shape index (κ2) is 8.82. The largest absolute Gasteiger partial charge is 0.379 e. The summed E-state index contributed by atoms with van der Waals surface area (Å²) in [5, 5.41) is 1.21. The summed E-state index contributed by atoms with van der Waals surface area (Å²) in [6.07, 6.45) is 0.0581. The lowest BCUT2D eigenvalue weighted by molar-refractivity contribution is 0.0329. The van der Waals surface area contributed by atoms with Gasteiger partial charge in [0.2, 0.25) is 0 Å². The van der Waals surface area contributed by atoms with E-state index >= 15 is 0 Å². The molecule has 0 amide bonds.